The summed E-state index contributed by atoms with van der Waals surface area (Å²) in [5.74, 6) is 0.422. The highest BCUT2D eigenvalue weighted by Gasteiger charge is 2.27. The molecule has 0 saturated heterocycles. The fourth-order valence-corrected chi connectivity index (χ4v) is 3.38. The number of nitrogens with zero attached hydrogens (tertiary/aromatic N) is 1. The summed E-state index contributed by atoms with van der Waals surface area (Å²) in [5.41, 5.74) is 5.24. The Hall–Kier alpha value is -2.06. The number of fused-ring (bicyclic) bond motifs is 3. The zero-order valence-electron chi connectivity index (χ0n) is 11.5. The van der Waals surface area contributed by atoms with Crippen molar-refractivity contribution in [2.45, 2.75) is 12.5 Å². The van der Waals surface area contributed by atoms with Crippen molar-refractivity contribution < 1.29 is 4.42 Å². The quantitative estimate of drug-likeness (QED) is 0.659. The molecule has 20 heavy (non-hydrogen) atoms. The average Bonchev–Trinajstić information content (AvgIpc) is 2.95. The molecule has 0 aliphatic carbocycles. The van der Waals surface area contributed by atoms with E-state index in [0.717, 1.165) is 18.7 Å². The van der Waals surface area contributed by atoms with Gasteiger partial charge >= 0.3 is 0 Å². The van der Waals surface area contributed by atoms with Crippen LogP contribution in [0.4, 0.5) is 0 Å². The first kappa shape index (κ1) is 11.7. The van der Waals surface area contributed by atoms with E-state index in [1.54, 1.807) is 6.26 Å². The van der Waals surface area contributed by atoms with Crippen molar-refractivity contribution in [3.05, 3.63) is 71.5 Å². The SMILES string of the molecule is CN1Cc2ccc3occc3c2C(c2ccccc2)C1. The van der Waals surface area contributed by atoms with E-state index in [2.05, 4.69) is 60.5 Å². The largest absolute Gasteiger partial charge is 0.464 e. The number of furan rings is 1. The molecule has 1 unspecified atom stereocenters. The summed E-state index contributed by atoms with van der Waals surface area (Å²) in [5, 5.41) is 1.27. The second kappa shape index (κ2) is 4.50. The second-order valence-corrected chi connectivity index (χ2v) is 5.63. The van der Waals surface area contributed by atoms with Gasteiger partial charge in [-0.2, -0.15) is 0 Å². The Kier molecular flexibility index (Phi) is 2.64. The summed E-state index contributed by atoms with van der Waals surface area (Å²) in [7, 11) is 2.19. The van der Waals surface area contributed by atoms with Gasteiger partial charge in [-0.05, 0) is 35.9 Å². The monoisotopic (exact) mass is 263 g/mol. The molecule has 1 aromatic heterocycles. The first-order valence-corrected chi connectivity index (χ1v) is 7.05. The summed E-state index contributed by atoms with van der Waals surface area (Å²) >= 11 is 0. The molecule has 2 aromatic carbocycles. The molecule has 2 heterocycles. The molecule has 100 valence electrons. The van der Waals surface area contributed by atoms with Crippen molar-refractivity contribution in [1.82, 2.24) is 4.90 Å². The molecule has 3 aromatic rings. The number of likely N-dealkylation sites (N-methyl/N-ethyl adjacent to an activating group) is 1. The Balaban J connectivity index is 1.96. The van der Waals surface area contributed by atoms with Gasteiger partial charge < -0.3 is 9.32 Å². The third kappa shape index (κ3) is 1.76. The van der Waals surface area contributed by atoms with Crippen LogP contribution in [0.1, 0.15) is 22.6 Å². The van der Waals surface area contributed by atoms with Crippen molar-refractivity contribution in [3.63, 3.8) is 0 Å². The van der Waals surface area contributed by atoms with Crippen LogP contribution in [0.15, 0.2) is 59.2 Å². The van der Waals surface area contributed by atoms with Crippen molar-refractivity contribution in [2.75, 3.05) is 13.6 Å². The number of hydrogen-bond acceptors (Lipinski definition) is 2. The number of rotatable bonds is 1. The zero-order chi connectivity index (χ0) is 13.5. The van der Waals surface area contributed by atoms with E-state index in [4.69, 9.17) is 4.42 Å². The molecule has 0 radical (unpaired) electrons. The van der Waals surface area contributed by atoms with E-state index in [9.17, 15) is 0 Å². The molecule has 4 rings (SSSR count). The molecule has 1 aliphatic heterocycles. The minimum Gasteiger partial charge on any atom is -0.464 e. The van der Waals surface area contributed by atoms with Crippen molar-refractivity contribution in [2.24, 2.45) is 0 Å². The van der Waals surface area contributed by atoms with E-state index < -0.39 is 0 Å². The Labute approximate surface area is 118 Å². The van der Waals surface area contributed by atoms with Gasteiger partial charge in [-0.25, -0.2) is 0 Å². The molecular formula is C18H17NO. The van der Waals surface area contributed by atoms with Crippen molar-refractivity contribution in [1.29, 1.82) is 0 Å². The van der Waals surface area contributed by atoms with Crippen LogP contribution in [0.2, 0.25) is 0 Å². The molecule has 1 aliphatic rings. The molecule has 0 fully saturated rings. The maximum Gasteiger partial charge on any atom is 0.134 e. The van der Waals surface area contributed by atoms with Gasteiger partial charge in [0, 0.05) is 24.4 Å². The van der Waals surface area contributed by atoms with Crippen LogP contribution in [0.3, 0.4) is 0 Å². The van der Waals surface area contributed by atoms with Gasteiger partial charge in [0.05, 0.1) is 6.26 Å². The Bertz CT molecular complexity index is 744. The molecule has 0 N–H and O–H groups in total. The summed E-state index contributed by atoms with van der Waals surface area (Å²) in [4.78, 5) is 2.39. The highest BCUT2D eigenvalue weighted by Crippen LogP contribution is 2.38. The third-order valence-corrected chi connectivity index (χ3v) is 4.25. The smallest absolute Gasteiger partial charge is 0.134 e. The Morgan fingerprint density at radius 3 is 2.75 bits per heavy atom. The van der Waals surface area contributed by atoms with Crippen molar-refractivity contribution >= 4 is 11.0 Å². The highest BCUT2D eigenvalue weighted by molar-refractivity contribution is 5.83. The van der Waals surface area contributed by atoms with Gasteiger partial charge in [0.15, 0.2) is 0 Å². The lowest BCUT2D eigenvalue weighted by molar-refractivity contribution is 0.296. The topological polar surface area (TPSA) is 16.4 Å². The first-order valence-electron chi connectivity index (χ1n) is 7.05. The molecule has 0 saturated carbocycles. The normalized spacial score (nSPS) is 19.1. The minimum atomic E-state index is 0.422. The molecule has 2 heteroatoms. The van der Waals surface area contributed by atoms with E-state index in [0.29, 0.717) is 5.92 Å². The molecule has 2 nitrogen and oxygen atoms in total. The molecular weight excluding hydrogens is 246 g/mol. The predicted octanol–water partition coefficient (Wildman–Crippen LogP) is 4.01. The van der Waals surface area contributed by atoms with Crippen molar-refractivity contribution in [3.8, 4) is 0 Å². The van der Waals surface area contributed by atoms with E-state index in [-0.39, 0.29) is 0 Å². The molecule has 0 amide bonds. The van der Waals surface area contributed by atoms with E-state index in [1.165, 1.54) is 22.1 Å². The van der Waals surface area contributed by atoms with E-state index in [1.807, 2.05) is 0 Å². The maximum absolute atomic E-state index is 5.58. The standard InChI is InChI=1S/C18H17NO/c1-19-11-14-7-8-17-15(9-10-20-17)18(14)16(12-19)13-5-3-2-4-6-13/h2-10,16H,11-12H2,1H3. The van der Waals surface area contributed by atoms with Crippen LogP contribution in [-0.4, -0.2) is 18.5 Å². The van der Waals surface area contributed by atoms with Crippen LogP contribution in [0.5, 0.6) is 0 Å². The average molecular weight is 263 g/mol. The zero-order valence-corrected chi connectivity index (χ0v) is 11.5. The van der Waals surface area contributed by atoms with Gasteiger partial charge in [0.25, 0.3) is 0 Å². The lowest BCUT2D eigenvalue weighted by atomic mass is 9.83. The van der Waals surface area contributed by atoms with Crippen LogP contribution in [0.25, 0.3) is 11.0 Å². The van der Waals surface area contributed by atoms with Crippen LogP contribution in [-0.2, 0) is 6.54 Å². The summed E-state index contributed by atoms with van der Waals surface area (Å²) < 4.78 is 5.58. The molecule has 0 bridgehead atoms. The van der Waals surface area contributed by atoms with Gasteiger partial charge in [0.2, 0.25) is 0 Å². The summed E-state index contributed by atoms with van der Waals surface area (Å²) in [6, 6.07) is 17.2. The Morgan fingerprint density at radius 1 is 1.05 bits per heavy atom. The lowest BCUT2D eigenvalue weighted by Crippen LogP contribution is -2.31. The molecule has 1 atom stereocenters. The summed E-state index contributed by atoms with van der Waals surface area (Å²) in [6.07, 6.45) is 1.80. The fourth-order valence-electron chi connectivity index (χ4n) is 3.38. The second-order valence-electron chi connectivity index (χ2n) is 5.63. The third-order valence-electron chi connectivity index (χ3n) is 4.25. The number of hydrogen-bond donors (Lipinski definition) is 0. The first-order chi connectivity index (χ1) is 9.83. The molecule has 0 spiro atoms. The van der Waals surface area contributed by atoms with Gasteiger partial charge in [-0.15, -0.1) is 0 Å². The minimum absolute atomic E-state index is 0.422. The van der Waals surface area contributed by atoms with Gasteiger partial charge in [0.1, 0.15) is 5.58 Å². The van der Waals surface area contributed by atoms with E-state index >= 15 is 0 Å². The summed E-state index contributed by atoms with van der Waals surface area (Å²) in [6.45, 7) is 2.07. The van der Waals surface area contributed by atoms with Gasteiger partial charge in [-0.3, -0.25) is 0 Å². The highest BCUT2D eigenvalue weighted by atomic mass is 16.3. The lowest BCUT2D eigenvalue weighted by Gasteiger charge is -2.33. The van der Waals surface area contributed by atoms with Crippen LogP contribution >= 0.6 is 0 Å². The predicted molar refractivity (Wildman–Crippen MR) is 80.8 cm³/mol. The fraction of sp³-hybridized carbons (Fsp3) is 0.222. The van der Waals surface area contributed by atoms with Gasteiger partial charge in [-0.1, -0.05) is 36.4 Å². The van der Waals surface area contributed by atoms with Crippen LogP contribution < -0.4 is 0 Å². The number of benzene rings is 2. The maximum atomic E-state index is 5.58. The van der Waals surface area contributed by atoms with Crippen LogP contribution in [0, 0.1) is 0 Å². The Morgan fingerprint density at radius 2 is 1.90 bits per heavy atom.